The summed E-state index contributed by atoms with van der Waals surface area (Å²) in [6, 6.07) is 16.6. The van der Waals surface area contributed by atoms with Gasteiger partial charge in [-0.1, -0.05) is 38.1 Å². The van der Waals surface area contributed by atoms with Crippen LogP contribution >= 0.6 is 12.4 Å². The standard InChI is InChI=1S/C35H41N7O3.ClH/c1-19(2)33-38-28-14-20(3)26(17-30(28)39-33)23-8-4-21(5-9-23)15-31(32(37)43)42(34(44)24-10-6-22(18-36)7-11-24)25-12-13-27-29(16-25)41-35(45)40-27;/h4-5,8-9,12-14,16-17,19,22,24,31H,6-7,10-11,15,18,36H2,1-3H3,(H2,37,43)(H,38,39)(H2,40,41,45);1H/t22?,24?,31-;/m1./s1. The van der Waals surface area contributed by atoms with Gasteiger partial charge in [-0.3, -0.25) is 14.5 Å². The molecule has 5 aromatic rings. The van der Waals surface area contributed by atoms with E-state index in [4.69, 9.17) is 16.5 Å². The molecule has 3 aromatic carbocycles. The molecule has 0 bridgehead atoms. The van der Waals surface area contributed by atoms with Crippen molar-refractivity contribution in [1.82, 2.24) is 19.9 Å². The third-order valence-corrected chi connectivity index (χ3v) is 9.27. The van der Waals surface area contributed by atoms with Crippen molar-refractivity contribution in [1.29, 1.82) is 0 Å². The number of amides is 2. The molecular weight excluding hydrogens is 602 g/mol. The Morgan fingerprint density at radius 3 is 2.28 bits per heavy atom. The molecule has 0 spiro atoms. The number of hydrogen-bond acceptors (Lipinski definition) is 5. The van der Waals surface area contributed by atoms with Crippen molar-refractivity contribution in [2.45, 2.75) is 64.8 Å². The van der Waals surface area contributed by atoms with Gasteiger partial charge in [-0.05, 0) is 97.7 Å². The Hall–Kier alpha value is -4.41. The number of imidazole rings is 2. The van der Waals surface area contributed by atoms with Gasteiger partial charge in [0.05, 0.1) is 22.1 Å². The second kappa shape index (κ2) is 13.5. The van der Waals surface area contributed by atoms with Gasteiger partial charge in [0.15, 0.2) is 0 Å². The van der Waals surface area contributed by atoms with Crippen LogP contribution in [0.15, 0.2) is 59.4 Å². The number of anilines is 1. The molecule has 46 heavy (non-hydrogen) atoms. The fraction of sp³-hybridized carbons (Fsp3) is 0.371. The van der Waals surface area contributed by atoms with E-state index in [1.165, 1.54) is 0 Å². The molecule has 2 amide bonds. The van der Waals surface area contributed by atoms with Crippen LogP contribution in [0.3, 0.4) is 0 Å². The topological polar surface area (TPSA) is 167 Å². The zero-order valence-electron chi connectivity index (χ0n) is 26.4. The SMILES string of the molecule is Cc1cc2[nH]c(C(C)C)nc2cc1-c1ccc(C[C@H](C(N)=O)N(C(=O)C2CCC(CN)CC2)c2ccc3[nH]c(=O)[nH]c3c2)cc1.Cl. The molecule has 0 radical (unpaired) electrons. The second-order valence-electron chi connectivity index (χ2n) is 12.8. The van der Waals surface area contributed by atoms with Crippen molar-refractivity contribution >= 4 is 52.0 Å². The van der Waals surface area contributed by atoms with E-state index in [-0.39, 0.29) is 36.3 Å². The largest absolute Gasteiger partial charge is 0.368 e. The molecular formula is C35H42ClN7O3. The lowest BCUT2D eigenvalue weighted by Gasteiger charge is -2.35. The number of primary amides is 1. The van der Waals surface area contributed by atoms with Gasteiger partial charge in [0.1, 0.15) is 11.9 Å². The summed E-state index contributed by atoms with van der Waals surface area (Å²) in [6.07, 6.45) is 3.40. The van der Waals surface area contributed by atoms with Gasteiger partial charge < -0.3 is 26.4 Å². The van der Waals surface area contributed by atoms with Crippen molar-refractivity contribution in [3.63, 3.8) is 0 Å². The summed E-state index contributed by atoms with van der Waals surface area (Å²) in [5.74, 6) is 0.706. The third kappa shape index (κ3) is 6.59. The average Bonchev–Trinajstić information content (AvgIpc) is 3.62. The van der Waals surface area contributed by atoms with Gasteiger partial charge in [0.2, 0.25) is 11.8 Å². The van der Waals surface area contributed by atoms with Gasteiger partial charge in [0.25, 0.3) is 0 Å². The minimum atomic E-state index is -0.921. The molecule has 1 fully saturated rings. The van der Waals surface area contributed by atoms with Gasteiger partial charge in [-0.15, -0.1) is 12.4 Å². The highest BCUT2D eigenvalue weighted by molar-refractivity contribution is 6.02. The first-order valence-corrected chi connectivity index (χ1v) is 15.7. The summed E-state index contributed by atoms with van der Waals surface area (Å²) in [4.78, 5) is 54.5. The Balaban J connectivity index is 0.00000417. The first-order valence-electron chi connectivity index (χ1n) is 15.7. The Morgan fingerprint density at radius 1 is 0.935 bits per heavy atom. The van der Waals surface area contributed by atoms with Crippen molar-refractivity contribution in [3.05, 3.63) is 82.0 Å². The molecule has 1 atom stereocenters. The minimum Gasteiger partial charge on any atom is -0.368 e. The molecule has 1 aliphatic rings. The average molecular weight is 644 g/mol. The van der Waals surface area contributed by atoms with Crippen LogP contribution in [0.2, 0.25) is 0 Å². The van der Waals surface area contributed by atoms with E-state index in [2.05, 4.69) is 47.9 Å². The summed E-state index contributed by atoms with van der Waals surface area (Å²) in [5.41, 5.74) is 19.4. The maximum Gasteiger partial charge on any atom is 0.323 e. The van der Waals surface area contributed by atoms with E-state index < -0.39 is 11.9 Å². The molecule has 2 aromatic heterocycles. The van der Waals surface area contributed by atoms with Crippen molar-refractivity contribution in [2.24, 2.45) is 23.3 Å². The zero-order valence-corrected chi connectivity index (χ0v) is 27.2. The summed E-state index contributed by atoms with van der Waals surface area (Å²) in [6.45, 7) is 6.92. The van der Waals surface area contributed by atoms with E-state index in [1.807, 2.05) is 24.3 Å². The van der Waals surface area contributed by atoms with Gasteiger partial charge in [-0.2, -0.15) is 0 Å². The second-order valence-corrected chi connectivity index (χ2v) is 12.8. The number of halogens is 1. The maximum absolute atomic E-state index is 14.2. The smallest absolute Gasteiger partial charge is 0.323 e. The zero-order chi connectivity index (χ0) is 31.8. The number of aryl methyl sites for hydroxylation is 1. The lowest BCUT2D eigenvalue weighted by molar-refractivity contribution is -0.127. The normalized spacial score (nSPS) is 17.2. The third-order valence-electron chi connectivity index (χ3n) is 9.27. The fourth-order valence-corrected chi connectivity index (χ4v) is 6.60. The summed E-state index contributed by atoms with van der Waals surface area (Å²) in [5, 5.41) is 0. The molecule has 11 heteroatoms. The van der Waals surface area contributed by atoms with E-state index in [0.29, 0.717) is 47.9 Å². The number of aromatic amines is 3. The number of nitrogens with two attached hydrogens (primary N) is 2. The monoisotopic (exact) mass is 643 g/mol. The number of hydrogen-bond donors (Lipinski definition) is 5. The Morgan fingerprint density at radius 2 is 1.63 bits per heavy atom. The first kappa shape index (κ1) is 33.0. The molecule has 1 saturated carbocycles. The number of carbonyl (C=O) groups is 2. The minimum absolute atomic E-state index is 0. The van der Waals surface area contributed by atoms with Crippen LogP contribution in [0.1, 0.15) is 62.4 Å². The van der Waals surface area contributed by atoms with E-state index in [9.17, 15) is 14.4 Å². The van der Waals surface area contributed by atoms with Crippen LogP contribution < -0.4 is 22.1 Å². The summed E-state index contributed by atoms with van der Waals surface area (Å²) in [7, 11) is 0. The quantitative estimate of drug-likeness (QED) is 0.144. The van der Waals surface area contributed by atoms with E-state index in [1.54, 1.807) is 23.1 Å². The lowest BCUT2D eigenvalue weighted by Crippen LogP contribution is -2.52. The van der Waals surface area contributed by atoms with Crippen molar-refractivity contribution < 1.29 is 9.59 Å². The molecule has 1 aliphatic carbocycles. The molecule has 2 heterocycles. The van der Waals surface area contributed by atoms with Crippen LogP contribution in [0.25, 0.3) is 33.2 Å². The predicted molar refractivity (Wildman–Crippen MR) is 185 cm³/mol. The van der Waals surface area contributed by atoms with Gasteiger partial charge >= 0.3 is 5.69 Å². The highest BCUT2D eigenvalue weighted by Gasteiger charge is 2.36. The van der Waals surface area contributed by atoms with Crippen LogP contribution in [0, 0.1) is 18.8 Å². The Labute approximate surface area is 273 Å². The number of nitrogens with zero attached hydrogens (tertiary/aromatic N) is 2. The number of H-pyrrole nitrogens is 3. The van der Waals surface area contributed by atoms with E-state index >= 15 is 0 Å². The maximum atomic E-state index is 14.2. The molecule has 0 saturated heterocycles. The van der Waals surface area contributed by atoms with Crippen molar-refractivity contribution in [2.75, 3.05) is 11.4 Å². The van der Waals surface area contributed by atoms with Crippen LogP contribution in [-0.2, 0) is 16.0 Å². The molecule has 242 valence electrons. The Bertz CT molecular complexity index is 1920. The number of rotatable bonds is 9. The number of fused-ring (bicyclic) bond motifs is 2. The predicted octanol–water partition coefficient (Wildman–Crippen LogP) is 5.45. The molecule has 10 nitrogen and oxygen atoms in total. The van der Waals surface area contributed by atoms with Gasteiger partial charge in [0, 0.05) is 23.9 Å². The number of nitrogens with one attached hydrogen (secondary N) is 3. The number of carbonyl (C=O) groups excluding carboxylic acids is 2. The molecule has 6 rings (SSSR count). The van der Waals surface area contributed by atoms with E-state index in [0.717, 1.165) is 52.0 Å². The summed E-state index contributed by atoms with van der Waals surface area (Å²) < 4.78 is 0. The van der Waals surface area contributed by atoms with Crippen LogP contribution in [0.5, 0.6) is 0 Å². The fourth-order valence-electron chi connectivity index (χ4n) is 6.60. The number of aromatic nitrogens is 4. The van der Waals surface area contributed by atoms with Crippen molar-refractivity contribution in [3.8, 4) is 11.1 Å². The lowest BCUT2D eigenvalue weighted by atomic mass is 9.81. The summed E-state index contributed by atoms with van der Waals surface area (Å²) >= 11 is 0. The van der Waals surface area contributed by atoms with Gasteiger partial charge in [-0.25, -0.2) is 9.78 Å². The van der Waals surface area contributed by atoms with Crippen LogP contribution in [-0.4, -0.2) is 44.3 Å². The molecule has 7 N–H and O–H groups in total. The first-order chi connectivity index (χ1) is 21.6. The number of benzene rings is 3. The Kier molecular flexibility index (Phi) is 9.69. The highest BCUT2D eigenvalue weighted by Crippen LogP contribution is 2.34. The molecule has 0 aliphatic heterocycles. The van der Waals surface area contributed by atoms with Crippen LogP contribution in [0.4, 0.5) is 5.69 Å². The molecule has 0 unspecified atom stereocenters. The highest BCUT2D eigenvalue weighted by atomic mass is 35.5.